The molecule has 1 aromatic carbocycles. The zero-order valence-corrected chi connectivity index (χ0v) is 14.5. The molecule has 3 rings (SSSR count). The van der Waals surface area contributed by atoms with Crippen LogP contribution >= 0.6 is 0 Å². The summed E-state index contributed by atoms with van der Waals surface area (Å²) in [5.74, 6) is -0.0660. The average Bonchev–Trinajstić information content (AvgIpc) is 2.96. The van der Waals surface area contributed by atoms with E-state index in [1.807, 2.05) is 42.2 Å². The van der Waals surface area contributed by atoms with Crippen LogP contribution in [0.3, 0.4) is 0 Å². The first kappa shape index (κ1) is 17.2. The summed E-state index contributed by atoms with van der Waals surface area (Å²) in [6, 6.07) is 11.2. The normalized spacial score (nSPS) is 16.4. The summed E-state index contributed by atoms with van der Waals surface area (Å²) in [5, 5.41) is 9.84. The minimum absolute atomic E-state index is 0.170. The van der Waals surface area contributed by atoms with E-state index in [0.29, 0.717) is 18.7 Å². The van der Waals surface area contributed by atoms with Gasteiger partial charge in [0.1, 0.15) is 5.69 Å². The molecule has 0 radical (unpaired) electrons. The highest BCUT2D eigenvalue weighted by molar-refractivity contribution is 5.92. The Kier molecular flexibility index (Phi) is 5.48. The fraction of sp³-hybridized carbons (Fsp3) is 0.421. The Bertz CT molecular complexity index is 726. The topological polar surface area (TPSA) is 78.1 Å². The number of aromatic amines is 1. The van der Waals surface area contributed by atoms with E-state index in [9.17, 15) is 9.59 Å². The van der Waals surface area contributed by atoms with Gasteiger partial charge in [0.15, 0.2) is 0 Å². The molecule has 0 saturated carbocycles. The summed E-state index contributed by atoms with van der Waals surface area (Å²) in [6.07, 6.45) is 3.63. The minimum Gasteiger partial charge on any atom is -0.342 e. The summed E-state index contributed by atoms with van der Waals surface area (Å²) < 4.78 is 0. The van der Waals surface area contributed by atoms with E-state index >= 15 is 0 Å². The third-order valence-corrected chi connectivity index (χ3v) is 4.52. The molecule has 132 valence electrons. The van der Waals surface area contributed by atoms with Gasteiger partial charge in [0.05, 0.1) is 6.04 Å². The Labute approximate surface area is 147 Å². The second-order valence-electron chi connectivity index (χ2n) is 6.52. The number of aryl methyl sites for hydroxylation is 1. The third-order valence-electron chi connectivity index (χ3n) is 4.52. The lowest BCUT2D eigenvalue weighted by Crippen LogP contribution is -2.40. The van der Waals surface area contributed by atoms with Crippen molar-refractivity contribution >= 4 is 11.8 Å². The number of amides is 2. The molecule has 6 heteroatoms. The molecule has 2 heterocycles. The van der Waals surface area contributed by atoms with Gasteiger partial charge in [-0.2, -0.15) is 5.10 Å². The van der Waals surface area contributed by atoms with Gasteiger partial charge in [-0.15, -0.1) is 0 Å². The number of rotatable bonds is 5. The van der Waals surface area contributed by atoms with Crippen molar-refractivity contribution in [2.24, 2.45) is 0 Å². The molecule has 1 atom stereocenters. The van der Waals surface area contributed by atoms with Gasteiger partial charge in [-0.1, -0.05) is 36.8 Å². The lowest BCUT2D eigenvalue weighted by Gasteiger charge is -2.27. The molecular formula is C19H24N4O2. The third kappa shape index (κ3) is 4.47. The fourth-order valence-corrected chi connectivity index (χ4v) is 3.14. The molecule has 1 unspecified atom stereocenters. The van der Waals surface area contributed by atoms with Gasteiger partial charge in [-0.3, -0.25) is 14.7 Å². The molecule has 0 aliphatic carbocycles. The molecule has 1 saturated heterocycles. The first-order chi connectivity index (χ1) is 12.1. The van der Waals surface area contributed by atoms with Crippen LogP contribution in [0.15, 0.2) is 36.4 Å². The zero-order valence-electron chi connectivity index (χ0n) is 14.5. The molecular weight excluding hydrogens is 316 g/mol. The largest absolute Gasteiger partial charge is 0.342 e. The standard InChI is InChI=1S/C19H24N4O2/c1-14-12-16(22-21-14)19(25)20-17(15-8-4-2-5-9-15)13-23-11-7-3-6-10-18(23)24/h2,4-5,8-9,12,17H,3,6-7,10-11,13H2,1H3,(H,20,25)(H,21,22). The first-order valence-corrected chi connectivity index (χ1v) is 8.79. The average molecular weight is 340 g/mol. The van der Waals surface area contributed by atoms with E-state index in [0.717, 1.165) is 37.1 Å². The molecule has 1 aliphatic rings. The number of H-pyrrole nitrogens is 1. The smallest absolute Gasteiger partial charge is 0.272 e. The van der Waals surface area contributed by atoms with E-state index in [-0.39, 0.29) is 17.9 Å². The van der Waals surface area contributed by atoms with E-state index < -0.39 is 0 Å². The SMILES string of the molecule is Cc1cc(C(=O)NC(CN2CCCCCC2=O)c2ccccc2)n[nH]1. The van der Waals surface area contributed by atoms with Crippen LogP contribution in [0.5, 0.6) is 0 Å². The van der Waals surface area contributed by atoms with Crippen LogP contribution in [-0.4, -0.2) is 40.0 Å². The predicted molar refractivity (Wildman–Crippen MR) is 95.0 cm³/mol. The first-order valence-electron chi connectivity index (χ1n) is 8.79. The highest BCUT2D eigenvalue weighted by Gasteiger charge is 2.24. The highest BCUT2D eigenvalue weighted by atomic mass is 16.2. The van der Waals surface area contributed by atoms with Gasteiger partial charge >= 0.3 is 0 Å². The number of hydrogen-bond donors (Lipinski definition) is 2. The predicted octanol–water partition coefficient (Wildman–Crippen LogP) is 2.59. The van der Waals surface area contributed by atoms with Crippen molar-refractivity contribution < 1.29 is 9.59 Å². The van der Waals surface area contributed by atoms with Crippen LogP contribution in [0, 0.1) is 6.92 Å². The molecule has 2 N–H and O–H groups in total. The van der Waals surface area contributed by atoms with Gasteiger partial charge in [0.25, 0.3) is 5.91 Å². The number of hydrogen-bond acceptors (Lipinski definition) is 3. The molecule has 0 spiro atoms. The van der Waals surface area contributed by atoms with Crippen molar-refractivity contribution in [3.05, 3.63) is 53.3 Å². The van der Waals surface area contributed by atoms with Crippen LogP contribution in [0.2, 0.25) is 0 Å². The maximum atomic E-state index is 12.5. The Morgan fingerprint density at radius 3 is 2.80 bits per heavy atom. The lowest BCUT2D eigenvalue weighted by molar-refractivity contribution is -0.131. The summed E-state index contributed by atoms with van der Waals surface area (Å²) in [4.78, 5) is 26.7. The Morgan fingerprint density at radius 1 is 1.28 bits per heavy atom. The summed E-state index contributed by atoms with van der Waals surface area (Å²) in [6.45, 7) is 3.09. The molecule has 25 heavy (non-hydrogen) atoms. The van der Waals surface area contributed by atoms with Crippen LogP contribution < -0.4 is 5.32 Å². The second-order valence-corrected chi connectivity index (χ2v) is 6.52. The van der Waals surface area contributed by atoms with Crippen molar-refractivity contribution in [1.29, 1.82) is 0 Å². The summed E-state index contributed by atoms with van der Waals surface area (Å²) >= 11 is 0. The van der Waals surface area contributed by atoms with E-state index in [1.165, 1.54) is 0 Å². The highest BCUT2D eigenvalue weighted by Crippen LogP contribution is 2.19. The maximum Gasteiger partial charge on any atom is 0.272 e. The number of nitrogens with zero attached hydrogens (tertiary/aromatic N) is 2. The number of nitrogens with one attached hydrogen (secondary N) is 2. The number of aromatic nitrogens is 2. The molecule has 1 aromatic heterocycles. The van der Waals surface area contributed by atoms with Crippen LogP contribution in [0.4, 0.5) is 0 Å². The summed E-state index contributed by atoms with van der Waals surface area (Å²) in [7, 11) is 0. The van der Waals surface area contributed by atoms with Gasteiger partial charge in [0, 0.05) is 25.2 Å². The lowest BCUT2D eigenvalue weighted by atomic mass is 10.1. The van der Waals surface area contributed by atoms with Gasteiger partial charge in [-0.05, 0) is 31.4 Å². The van der Waals surface area contributed by atoms with Crippen molar-refractivity contribution in [3.8, 4) is 0 Å². The molecule has 6 nitrogen and oxygen atoms in total. The van der Waals surface area contributed by atoms with Crippen molar-refractivity contribution in [2.45, 2.75) is 38.6 Å². The van der Waals surface area contributed by atoms with Crippen LogP contribution in [-0.2, 0) is 4.79 Å². The second kappa shape index (κ2) is 7.96. The minimum atomic E-state index is -0.257. The molecule has 1 fully saturated rings. The van der Waals surface area contributed by atoms with Gasteiger partial charge in [-0.25, -0.2) is 0 Å². The van der Waals surface area contributed by atoms with E-state index in [4.69, 9.17) is 0 Å². The fourth-order valence-electron chi connectivity index (χ4n) is 3.14. The van der Waals surface area contributed by atoms with Gasteiger partial charge < -0.3 is 10.2 Å². The van der Waals surface area contributed by atoms with Crippen molar-refractivity contribution in [3.63, 3.8) is 0 Å². The number of benzene rings is 1. The van der Waals surface area contributed by atoms with E-state index in [2.05, 4.69) is 15.5 Å². The van der Waals surface area contributed by atoms with E-state index in [1.54, 1.807) is 6.07 Å². The Morgan fingerprint density at radius 2 is 2.08 bits per heavy atom. The summed E-state index contributed by atoms with van der Waals surface area (Å²) in [5.41, 5.74) is 2.19. The Balaban J connectivity index is 1.77. The zero-order chi connectivity index (χ0) is 17.6. The van der Waals surface area contributed by atoms with Crippen LogP contribution in [0.1, 0.15) is 53.5 Å². The van der Waals surface area contributed by atoms with Crippen molar-refractivity contribution in [1.82, 2.24) is 20.4 Å². The van der Waals surface area contributed by atoms with Crippen molar-refractivity contribution in [2.75, 3.05) is 13.1 Å². The monoisotopic (exact) mass is 340 g/mol. The molecule has 2 aromatic rings. The molecule has 0 bridgehead atoms. The molecule has 2 amide bonds. The number of likely N-dealkylation sites (tertiary alicyclic amines) is 1. The molecule has 1 aliphatic heterocycles. The maximum absolute atomic E-state index is 12.5. The quantitative estimate of drug-likeness (QED) is 0.878. The Hall–Kier alpha value is -2.63. The van der Waals surface area contributed by atoms with Gasteiger partial charge in [0.2, 0.25) is 5.91 Å². The number of carbonyl (C=O) groups is 2. The van der Waals surface area contributed by atoms with Crippen LogP contribution in [0.25, 0.3) is 0 Å². The number of carbonyl (C=O) groups excluding carboxylic acids is 2.